The van der Waals surface area contributed by atoms with Gasteiger partial charge in [0.2, 0.25) is 5.88 Å². The normalized spacial score (nSPS) is 11.8. The van der Waals surface area contributed by atoms with Crippen molar-refractivity contribution >= 4 is 17.0 Å². The van der Waals surface area contributed by atoms with Gasteiger partial charge >= 0.3 is 6.09 Å². The lowest BCUT2D eigenvalue weighted by molar-refractivity contribution is 0.0519. The number of aromatic hydroxyl groups is 1. The van der Waals surface area contributed by atoms with Crippen molar-refractivity contribution in [1.82, 2.24) is 9.78 Å². The Bertz CT molecular complexity index is 614. The van der Waals surface area contributed by atoms with Crippen molar-refractivity contribution < 1.29 is 19.0 Å². The number of ether oxygens (including phenoxy) is 1. The number of rotatable bonds is 0. The third kappa shape index (κ3) is 2.13. The van der Waals surface area contributed by atoms with E-state index in [1.54, 1.807) is 20.8 Å². The van der Waals surface area contributed by atoms with Gasteiger partial charge in [0.1, 0.15) is 16.9 Å². The number of halogens is 1. The second-order valence-electron chi connectivity index (χ2n) is 4.85. The molecule has 6 heteroatoms. The van der Waals surface area contributed by atoms with Crippen molar-refractivity contribution in [2.75, 3.05) is 0 Å². The topological polar surface area (TPSA) is 64.4 Å². The van der Waals surface area contributed by atoms with E-state index >= 15 is 0 Å². The van der Waals surface area contributed by atoms with Gasteiger partial charge in [0.15, 0.2) is 0 Å². The molecule has 2 aromatic rings. The molecule has 18 heavy (non-hydrogen) atoms. The van der Waals surface area contributed by atoms with Crippen LogP contribution in [-0.4, -0.2) is 26.6 Å². The molecule has 0 aliphatic carbocycles. The fraction of sp³-hybridized carbons (Fsp3) is 0.333. The van der Waals surface area contributed by atoms with E-state index in [1.165, 1.54) is 18.2 Å². The molecule has 0 saturated heterocycles. The van der Waals surface area contributed by atoms with Crippen LogP contribution in [0.5, 0.6) is 5.88 Å². The van der Waals surface area contributed by atoms with Crippen molar-refractivity contribution in [2.24, 2.45) is 0 Å². The van der Waals surface area contributed by atoms with E-state index in [0.717, 1.165) is 4.68 Å². The monoisotopic (exact) mass is 252 g/mol. The molecular formula is C12H13FN2O3. The minimum Gasteiger partial charge on any atom is -0.492 e. The molecular weight excluding hydrogens is 239 g/mol. The molecule has 0 aliphatic heterocycles. The second kappa shape index (κ2) is 3.97. The largest absolute Gasteiger partial charge is 0.492 e. The summed E-state index contributed by atoms with van der Waals surface area (Å²) in [5.74, 6) is -1.05. The van der Waals surface area contributed by atoms with Crippen LogP contribution in [0.25, 0.3) is 10.9 Å². The number of carbonyl (C=O) groups excluding carboxylic acids is 1. The zero-order chi connectivity index (χ0) is 13.5. The summed E-state index contributed by atoms with van der Waals surface area (Å²) < 4.78 is 19.5. The minimum absolute atomic E-state index is 0.0933. The van der Waals surface area contributed by atoms with Crippen LogP contribution in [0.3, 0.4) is 0 Å². The Kier molecular flexibility index (Phi) is 2.73. The molecule has 0 unspecified atom stereocenters. The van der Waals surface area contributed by atoms with Crippen LogP contribution < -0.4 is 0 Å². The maximum Gasteiger partial charge on any atom is 0.436 e. The molecule has 0 radical (unpaired) electrons. The van der Waals surface area contributed by atoms with E-state index in [4.69, 9.17) is 4.74 Å². The fourth-order valence-electron chi connectivity index (χ4n) is 1.55. The van der Waals surface area contributed by atoms with Crippen molar-refractivity contribution in [3.8, 4) is 5.88 Å². The zero-order valence-corrected chi connectivity index (χ0v) is 10.3. The molecule has 0 amide bonds. The first kappa shape index (κ1) is 12.3. The van der Waals surface area contributed by atoms with Crippen molar-refractivity contribution in [3.63, 3.8) is 0 Å². The summed E-state index contributed by atoms with van der Waals surface area (Å²) in [6, 6.07) is 4.09. The lowest BCUT2D eigenvalue weighted by Gasteiger charge is -2.19. The molecule has 1 aromatic heterocycles. The van der Waals surface area contributed by atoms with Crippen molar-refractivity contribution in [2.45, 2.75) is 26.4 Å². The van der Waals surface area contributed by atoms with Gasteiger partial charge in [0.25, 0.3) is 0 Å². The zero-order valence-electron chi connectivity index (χ0n) is 10.3. The average molecular weight is 252 g/mol. The molecule has 96 valence electrons. The lowest BCUT2D eigenvalue weighted by atomic mass is 10.2. The number of hydrogen-bond donors (Lipinski definition) is 1. The summed E-state index contributed by atoms with van der Waals surface area (Å²) in [4.78, 5) is 11.8. The standard InChI is InChI=1S/C12H13FN2O3/c1-12(2,3)18-11(17)15-9-7(10(16)14-15)5-4-6-8(9)13/h4-6H,1-3H3,(H,14,16). The summed E-state index contributed by atoms with van der Waals surface area (Å²) in [6.45, 7) is 5.06. The van der Waals surface area contributed by atoms with Gasteiger partial charge in [-0.25, -0.2) is 9.18 Å². The van der Waals surface area contributed by atoms with Crippen LogP contribution in [0.15, 0.2) is 18.2 Å². The van der Waals surface area contributed by atoms with Gasteiger partial charge in [-0.3, -0.25) is 0 Å². The van der Waals surface area contributed by atoms with Gasteiger partial charge in [-0.1, -0.05) is 6.07 Å². The second-order valence-corrected chi connectivity index (χ2v) is 4.85. The fourth-order valence-corrected chi connectivity index (χ4v) is 1.55. The molecule has 0 saturated carbocycles. The van der Waals surface area contributed by atoms with Crippen LogP contribution >= 0.6 is 0 Å². The number of fused-ring (bicyclic) bond motifs is 1. The first-order valence-corrected chi connectivity index (χ1v) is 5.39. The number of carbonyl (C=O) groups is 1. The average Bonchev–Trinajstić information content (AvgIpc) is 2.56. The van der Waals surface area contributed by atoms with E-state index in [0.29, 0.717) is 0 Å². The molecule has 0 bridgehead atoms. The summed E-state index contributed by atoms with van der Waals surface area (Å²) in [5.41, 5.74) is -0.819. The Labute approximate surface area is 103 Å². The Morgan fingerprint density at radius 3 is 2.72 bits per heavy atom. The smallest absolute Gasteiger partial charge is 0.436 e. The molecule has 1 N–H and O–H groups in total. The predicted molar refractivity (Wildman–Crippen MR) is 63.0 cm³/mol. The highest BCUT2D eigenvalue weighted by Crippen LogP contribution is 2.26. The SMILES string of the molecule is CC(C)(C)OC(=O)n1nc(O)c2cccc(F)c21. The van der Waals surface area contributed by atoms with E-state index in [9.17, 15) is 14.3 Å². The Hall–Kier alpha value is -2.11. The van der Waals surface area contributed by atoms with Crippen LogP contribution in [0, 0.1) is 5.82 Å². The Balaban J connectivity index is 2.55. The van der Waals surface area contributed by atoms with Crippen LogP contribution in [-0.2, 0) is 4.74 Å². The lowest BCUT2D eigenvalue weighted by Crippen LogP contribution is -2.27. The number of benzene rings is 1. The van der Waals surface area contributed by atoms with Crippen LogP contribution in [0.1, 0.15) is 20.8 Å². The maximum atomic E-state index is 13.7. The van der Waals surface area contributed by atoms with E-state index in [1.807, 2.05) is 0 Å². The van der Waals surface area contributed by atoms with Gasteiger partial charge in [0, 0.05) is 0 Å². The van der Waals surface area contributed by atoms with E-state index in [2.05, 4.69) is 5.10 Å². The Morgan fingerprint density at radius 1 is 1.44 bits per heavy atom. The Morgan fingerprint density at radius 2 is 2.11 bits per heavy atom. The van der Waals surface area contributed by atoms with Gasteiger partial charge in [-0.15, -0.1) is 5.10 Å². The third-order valence-electron chi connectivity index (χ3n) is 2.20. The number of para-hydroxylation sites is 1. The highest BCUT2D eigenvalue weighted by Gasteiger charge is 2.23. The molecule has 1 aromatic carbocycles. The number of aromatic nitrogens is 2. The molecule has 0 spiro atoms. The highest BCUT2D eigenvalue weighted by molar-refractivity contribution is 5.91. The molecule has 0 aliphatic rings. The highest BCUT2D eigenvalue weighted by atomic mass is 19.1. The molecule has 1 heterocycles. The molecule has 0 atom stereocenters. The molecule has 5 nitrogen and oxygen atoms in total. The van der Waals surface area contributed by atoms with E-state index in [-0.39, 0.29) is 10.9 Å². The minimum atomic E-state index is -0.835. The first-order valence-electron chi connectivity index (χ1n) is 5.39. The first-order chi connectivity index (χ1) is 8.29. The predicted octanol–water partition coefficient (Wildman–Crippen LogP) is 2.66. The van der Waals surface area contributed by atoms with E-state index < -0.39 is 23.4 Å². The number of nitrogens with zero attached hydrogens (tertiary/aromatic N) is 2. The summed E-state index contributed by atoms with van der Waals surface area (Å²) in [6.07, 6.45) is -0.835. The van der Waals surface area contributed by atoms with Gasteiger partial charge < -0.3 is 9.84 Å². The molecule has 2 rings (SSSR count). The number of hydrogen-bond acceptors (Lipinski definition) is 4. The van der Waals surface area contributed by atoms with Crippen molar-refractivity contribution in [1.29, 1.82) is 0 Å². The maximum absolute atomic E-state index is 13.7. The molecule has 0 fully saturated rings. The van der Waals surface area contributed by atoms with Crippen LogP contribution in [0.2, 0.25) is 0 Å². The van der Waals surface area contributed by atoms with Crippen molar-refractivity contribution in [3.05, 3.63) is 24.0 Å². The van der Waals surface area contributed by atoms with Gasteiger partial charge in [-0.2, -0.15) is 4.68 Å². The third-order valence-corrected chi connectivity index (χ3v) is 2.20. The summed E-state index contributed by atoms with van der Waals surface area (Å²) in [5, 5.41) is 13.3. The summed E-state index contributed by atoms with van der Waals surface area (Å²) >= 11 is 0. The van der Waals surface area contributed by atoms with Gasteiger partial charge in [0.05, 0.1) is 5.39 Å². The van der Waals surface area contributed by atoms with Crippen LogP contribution in [0.4, 0.5) is 9.18 Å². The summed E-state index contributed by atoms with van der Waals surface area (Å²) in [7, 11) is 0. The quantitative estimate of drug-likeness (QED) is 0.782. The van der Waals surface area contributed by atoms with Gasteiger partial charge in [-0.05, 0) is 32.9 Å².